The molecule has 2 heteroatoms. The second-order valence-electron chi connectivity index (χ2n) is 6.23. The highest BCUT2D eigenvalue weighted by atomic mass is 16.5. The molecule has 0 spiro atoms. The first kappa shape index (κ1) is 15.0. The predicted octanol–water partition coefficient (Wildman–Crippen LogP) is 4.09. The number of ether oxygens (including phenoxy) is 1. The molecule has 1 unspecified atom stereocenters. The second-order valence-corrected chi connectivity index (χ2v) is 6.23. The number of rotatable bonds is 5. The lowest BCUT2D eigenvalue weighted by Crippen LogP contribution is -2.24. The molecule has 0 saturated carbocycles. The van der Waals surface area contributed by atoms with Gasteiger partial charge < -0.3 is 10.1 Å². The predicted molar refractivity (Wildman–Crippen MR) is 78.2 cm³/mol. The maximum Gasteiger partial charge on any atom is 0.123 e. The van der Waals surface area contributed by atoms with Crippen molar-refractivity contribution in [2.75, 3.05) is 13.7 Å². The van der Waals surface area contributed by atoms with Crippen molar-refractivity contribution in [1.82, 2.24) is 5.32 Å². The van der Waals surface area contributed by atoms with Gasteiger partial charge in [-0.25, -0.2) is 0 Å². The topological polar surface area (TPSA) is 21.3 Å². The van der Waals surface area contributed by atoms with Crippen LogP contribution < -0.4 is 10.1 Å². The van der Waals surface area contributed by atoms with Gasteiger partial charge in [-0.2, -0.15) is 0 Å². The van der Waals surface area contributed by atoms with Gasteiger partial charge in [0.1, 0.15) is 5.75 Å². The molecule has 1 N–H and O–H groups in total. The maximum absolute atomic E-state index is 5.43. The summed E-state index contributed by atoms with van der Waals surface area (Å²) in [5, 5.41) is 3.58. The van der Waals surface area contributed by atoms with Crippen LogP contribution >= 0.6 is 0 Å². The third-order valence-electron chi connectivity index (χ3n) is 3.18. The molecule has 1 aromatic rings. The highest BCUT2D eigenvalue weighted by Gasteiger charge is 2.13. The lowest BCUT2D eigenvalue weighted by atomic mass is 9.92. The van der Waals surface area contributed by atoms with Gasteiger partial charge in [0.05, 0.1) is 7.11 Å². The molecule has 18 heavy (non-hydrogen) atoms. The Bertz CT molecular complexity index is 379. The molecule has 0 aliphatic rings. The number of benzene rings is 1. The van der Waals surface area contributed by atoms with Gasteiger partial charge >= 0.3 is 0 Å². The van der Waals surface area contributed by atoms with E-state index in [2.05, 4.69) is 52.1 Å². The first-order valence-corrected chi connectivity index (χ1v) is 6.71. The van der Waals surface area contributed by atoms with Crippen LogP contribution in [-0.4, -0.2) is 13.7 Å². The average Bonchev–Trinajstić information content (AvgIpc) is 2.27. The van der Waals surface area contributed by atoms with Crippen LogP contribution in [0.1, 0.15) is 51.3 Å². The number of hydrogen-bond donors (Lipinski definition) is 1. The minimum absolute atomic E-state index is 0.321. The van der Waals surface area contributed by atoms with Crippen molar-refractivity contribution in [2.24, 2.45) is 5.41 Å². The monoisotopic (exact) mass is 249 g/mol. The van der Waals surface area contributed by atoms with E-state index in [1.54, 1.807) is 7.11 Å². The van der Waals surface area contributed by atoms with Crippen LogP contribution in [0.3, 0.4) is 0 Å². The van der Waals surface area contributed by atoms with Crippen LogP contribution in [0.2, 0.25) is 0 Å². The SMILES string of the molecule is COc1ccc(C)cc1C(C)NCCC(C)(C)C. The molecule has 0 bridgehead atoms. The molecule has 2 nitrogen and oxygen atoms in total. The van der Waals surface area contributed by atoms with Gasteiger partial charge in [0.2, 0.25) is 0 Å². The average molecular weight is 249 g/mol. The summed E-state index contributed by atoms with van der Waals surface area (Å²) in [6.07, 6.45) is 1.17. The van der Waals surface area contributed by atoms with E-state index in [-0.39, 0.29) is 0 Å². The Balaban J connectivity index is 2.66. The summed E-state index contributed by atoms with van der Waals surface area (Å²) >= 11 is 0. The first-order valence-electron chi connectivity index (χ1n) is 6.71. The largest absolute Gasteiger partial charge is 0.496 e. The van der Waals surface area contributed by atoms with Crippen molar-refractivity contribution in [3.63, 3.8) is 0 Å². The van der Waals surface area contributed by atoms with Gasteiger partial charge in [0.25, 0.3) is 0 Å². The lowest BCUT2D eigenvalue weighted by molar-refractivity contribution is 0.354. The van der Waals surface area contributed by atoms with Crippen molar-refractivity contribution in [3.05, 3.63) is 29.3 Å². The van der Waals surface area contributed by atoms with E-state index in [0.717, 1.165) is 12.3 Å². The fourth-order valence-electron chi connectivity index (χ4n) is 1.97. The van der Waals surface area contributed by atoms with Crippen LogP contribution in [0.5, 0.6) is 5.75 Å². The highest BCUT2D eigenvalue weighted by molar-refractivity contribution is 5.38. The zero-order valence-electron chi connectivity index (χ0n) is 12.6. The third kappa shape index (κ3) is 4.69. The standard InChI is InChI=1S/C16H27NO/c1-12-7-8-15(18-6)14(11-12)13(2)17-10-9-16(3,4)5/h7-8,11,13,17H,9-10H2,1-6H3. The Kier molecular flexibility index (Phi) is 5.21. The van der Waals surface area contributed by atoms with E-state index < -0.39 is 0 Å². The Morgan fingerprint density at radius 2 is 1.94 bits per heavy atom. The quantitative estimate of drug-likeness (QED) is 0.848. The summed E-state index contributed by atoms with van der Waals surface area (Å²) in [7, 11) is 1.73. The number of nitrogens with one attached hydrogen (secondary N) is 1. The first-order chi connectivity index (χ1) is 8.33. The summed E-state index contributed by atoms with van der Waals surface area (Å²) in [6.45, 7) is 12.2. The van der Waals surface area contributed by atoms with E-state index in [0.29, 0.717) is 11.5 Å². The summed E-state index contributed by atoms with van der Waals surface area (Å²) in [6, 6.07) is 6.66. The van der Waals surface area contributed by atoms with Gasteiger partial charge in [-0.15, -0.1) is 0 Å². The molecule has 0 aliphatic carbocycles. The van der Waals surface area contributed by atoms with Crippen LogP contribution in [0.4, 0.5) is 0 Å². The van der Waals surface area contributed by atoms with Crippen molar-refractivity contribution < 1.29 is 4.74 Å². The van der Waals surface area contributed by atoms with Crippen molar-refractivity contribution >= 4 is 0 Å². The van der Waals surface area contributed by atoms with E-state index in [1.807, 2.05) is 6.07 Å². The molecule has 0 heterocycles. The Hall–Kier alpha value is -1.02. The van der Waals surface area contributed by atoms with Crippen molar-refractivity contribution in [2.45, 2.75) is 47.1 Å². The molecule has 0 aliphatic heterocycles. The summed E-state index contributed by atoms with van der Waals surface area (Å²) < 4.78 is 5.43. The molecule has 1 aromatic carbocycles. The van der Waals surface area contributed by atoms with Gasteiger partial charge in [-0.1, -0.05) is 38.5 Å². The second kappa shape index (κ2) is 6.24. The number of aryl methyl sites for hydroxylation is 1. The Labute approximate surface area is 112 Å². The molecule has 0 radical (unpaired) electrons. The fraction of sp³-hybridized carbons (Fsp3) is 0.625. The molecule has 0 fully saturated rings. The van der Waals surface area contributed by atoms with Crippen molar-refractivity contribution in [3.8, 4) is 5.75 Å². The fourth-order valence-corrected chi connectivity index (χ4v) is 1.97. The highest BCUT2D eigenvalue weighted by Crippen LogP contribution is 2.26. The zero-order chi connectivity index (χ0) is 13.8. The summed E-state index contributed by atoms with van der Waals surface area (Å²) in [5.41, 5.74) is 2.89. The summed E-state index contributed by atoms with van der Waals surface area (Å²) in [5.74, 6) is 0.969. The third-order valence-corrected chi connectivity index (χ3v) is 3.18. The Morgan fingerprint density at radius 3 is 2.50 bits per heavy atom. The molecule has 1 rings (SSSR count). The minimum Gasteiger partial charge on any atom is -0.496 e. The van der Waals surface area contributed by atoms with Crippen LogP contribution in [-0.2, 0) is 0 Å². The zero-order valence-corrected chi connectivity index (χ0v) is 12.6. The maximum atomic E-state index is 5.43. The van der Waals surface area contributed by atoms with E-state index >= 15 is 0 Å². The number of methoxy groups -OCH3 is 1. The Morgan fingerprint density at radius 1 is 1.28 bits per heavy atom. The van der Waals surface area contributed by atoms with Gasteiger partial charge in [0.15, 0.2) is 0 Å². The van der Waals surface area contributed by atoms with Gasteiger partial charge in [-0.05, 0) is 38.3 Å². The van der Waals surface area contributed by atoms with Gasteiger partial charge in [-0.3, -0.25) is 0 Å². The lowest BCUT2D eigenvalue weighted by Gasteiger charge is -2.22. The minimum atomic E-state index is 0.321. The van der Waals surface area contributed by atoms with Crippen LogP contribution in [0.15, 0.2) is 18.2 Å². The van der Waals surface area contributed by atoms with Gasteiger partial charge in [0, 0.05) is 11.6 Å². The molecular formula is C16H27NO. The summed E-state index contributed by atoms with van der Waals surface area (Å²) in [4.78, 5) is 0. The molecule has 102 valence electrons. The molecular weight excluding hydrogens is 222 g/mol. The molecule has 1 atom stereocenters. The van der Waals surface area contributed by atoms with E-state index in [4.69, 9.17) is 4.74 Å². The molecule has 0 saturated heterocycles. The number of hydrogen-bond acceptors (Lipinski definition) is 2. The van der Waals surface area contributed by atoms with Crippen molar-refractivity contribution in [1.29, 1.82) is 0 Å². The molecule has 0 amide bonds. The normalized spacial score (nSPS) is 13.4. The van der Waals surface area contributed by atoms with E-state index in [9.17, 15) is 0 Å². The molecule has 0 aromatic heterocycles. The van der Waals surface area contributed by atoms with Crippen LogP contribution in [0.25, 0.3) is 0 Å². The van der Waals surface area contributed by atoms with E-state index in [1.165, 1.54) is 17.5 Å². The smallest absolute Gasteiger partial charge is 0.123 e. The van der Waals surface area contributed by atoms with Crippen LogP contribution in [0, 0.1) is 12.3 Å².